The van der Waals surface area contributed by atoms with Gasteiger partial charge in [-0.1, -0.05) is 19.9 Å². The van der Waals surface area contributed by atoms with Crippen LogP contribution in [0.15, 0.2) is 23.1 Å². The summed E-state index contributed by atoms with van der Waals surface area (Å²) in [6.07, 6.45) is 3.29. The van der Waals surface area contributed by atoms with Gasteiger partial charge in [-0.3, -0.25) is 9.59 Å². The SMILES string of the molecule is Cc1cccn(CCCCC(=O)NC(C(=O)O)C(C)C)c1=O. The fraction of sp³-hybridized carbons (Fsp3) is 0.562. The van der Waals surface area contributed by atoms with Gasteiger partial charge in [-0.25, -0.2) is 4.79 Å². The Morgan fingerprint density at radius 1 is 1.32 bits per heavy atom. The zero-order chi connectivity index (χ0) is 16.7. The summed E-state index contributed by atoms with van der Waals surface area (Å²) in [5.41, 5.74) is 0.680. The summed E-state index contributed by atoms with van der Waals surface area (Å²) in [4.78, 5) is 34.6. The summed E-state index contributed by atoms with van der Waals surface area (Å²) in [5, 5.41) is 11.5. The van der Waals surface area contributed by atoms with Crippen molar-refractivity contribution in [1.29, 1.82) is 0 Å². The molecule has 0 aliphatic rings. The zero-order valence-corrected chi connectivity index (χ0v) is 13.3. The van der Waals surface area contributed by atoms with E-state index in [0.29, 0.717) is 24.9 Å². The van der Waals surface area contributed by atoms with E-state index in [4.69, 9.17) is 5.11 Å². The first-order chi connectivity index (χ1) is 10.3. The fourth-order valence-electron chi connectivity index (χ4n) is 2.16. The van der Waals surface area contributed by atoms with Crippen molar-refractivity contribution in [2.24, 2.45) is 5.92 Å². The number of carbonyl (C=O) groups is 2. The Morgan fingerprint density at radius 3 is 2.59 bits per heavy atom. The molecule has 0 aliphatic heterocycles. The molecule has 1 amide bonds. The summed E-state index contributed by atoms with van der Waals surface area (Å²) < 4.78 is 1.63. The molecule has 1 aromatic heterocycles. The first-order valence-corrected chi connectivity index (χ1v) is 7.51. The van der Waals surface area contributed by atoms with Crippen LogP contribution in [0.2, 0.25) is 0 Å². The minimum Gasteiger partial charge on any atom is -0.480 e. The van der Waals surface area contributed by atoms with E-state index in [2.05, 4.69) is 5.32 Å². The van der Waals surface area contributed by atoms with Gasteiger partial charge in [0.05, 0.1) is 0 Å². The van der Waals surface area contributed by atoms with Crippen molar-refractivity contribution in [3.63, 3.8) is 0 Å². The Labute approximate surface area is 130 Å². The van der Waals surface area contributed by atoms with E-state index in [9.17, 15) is 14.4 Å². The van der Waals surface area contributed by atoms with Crippen molar-refractivity contribution >= 4 is 11.9 Å². The molecule has 0 aliphatic carbocycles. The van der Waals surface area contributed by atoms with Gasteiger partial charge in [-0.05, 0) is 31.7 Å². The monoisotopic (exact) mass is 308 g/mol. The van der Waals surface area contributed by atoms with Crippen LogP contribution < -0.4 is 10.9 Å². The summed E-state index contributed by atoms with van der Waals surface area (Å²) in [6.45, 7) is 5.83. The molecule has 22 heavy (non-hydrogen) atoms. The van der Waals surface area contributed by atoms with E-state index in [1.165, 1.54) is 0 Å². The lowest BCUT2D eigenvalue weighted by molar-refractivity contribution is -0.143. The molecule has 1 atom stereocenters. The Balaban J connectivity index is 2.38. The number of amides is 1. The van der Waals surface area contributed by atoms with Gasteiger partial charge >= 0.3 is 5.97 Å². The third kappa shape index (κ3) is 5.35. The topological polar surface area (TPSA) is 88.4 Å². The van der Waals surface area contributed by atoms with Crippen LogP contribution in [0.25, 0.3) is 0 Å². The third-order valence-electron chi connectivity index (χ3n) is 3.51. The Bertz CT molecular complexity index is 578. The predicted octanol–water partition coefficient (Wildman–Crippen LogP) is 1.55. The number of pyridine rings is 1. The highest BCUT2D eigenvalue weighted by Crippen LogP contribution is 2.04. The number of aliphatic carboxylic acids is 1. The van der Waals surface area contributed by atoms with E-state index in [1.54, 1.807) is 37.6 Å². The number of hydrogen-bond acceptors (Lipinski definition) is 3. The fourth-order valence-corrected chi connectivity index (χ4v) is 2.16. The number of aromatic nitrogens is 1. The maximum atomic E-state index is 11.8. The largest absolute Gasteiger partial charge is 0.480 e. The minimum atomic E-state index is -1.02. The number of carbonyl (C=O) groups excluding carboxylic acids is 1. The first-order valence-electron chi connectivity index (χ1n) is 7.51. The van der Waals surface area contributed by atoms with Gasteiger partial charge < -0.3 is 15.0 Å². The van der Waals surface area contributed by atoms with E-state index in [0.717, 1.165) is 0 Å². The lowest BCUT2D eigenvalue weighted by Crippen LogP contribution is -2.44. The molecule has 0 saturated carbocycles. The molecular formula is C16H24N2O4. The first kappa shape index (κ1) is 17.9. The standard InChI is InChI=1S/C16H24N2O4/c1-11(2)14(16(21)22)17-13(19)8-4-5-9-18-10-6-7-12(3)15(18)20/h6-7,10-11,14H,4-5,8-9H2,1-3H3,(H,17,19)(H,21,22). The van der Waals surface area contributed by atoms with E-state index >= 15 is 0 Å². The number of nitrogens with zero attached hydrogens (tertiary/aromatic N) is 1. The van der Waals surface area contributed by atoms with Crippen molar-refractivity contribution in [1.82, 2.24) is 9.88 Å². The molecule has 1 unspecified atom stereocenters. The maximum Gasteiger partial charge on any atom is 0.326 e. The van der Waals surface area contributed by atoms with Crippen LogP contribution in [0.1, 0.15) is 38.7 Å². The highest BCUT2D eigenvalue weighted by atomic mass is 16.4. The molecule has 122 valence electrons. The second kappa shape index (κ2) is 8.36. The third-order valence-corrected chi connectivity index (χ3v) is 3.51. The van der Waals surface area contributed by atoms with Crippen molar-refractivity contribution in [3.05, 3.63) is 34.2 Å². The second-order valence-corrected chi connectivity index (χ2v) is 5.77. The summed E-state index contributed by atoms with van der Waals surface area (Å²) in [6, 6.07) is 2.74. The van der Waals surface area contributed by atoms with Crippen molar-refractivity contribution in [3.8, 4) is 0 Å². The number of unbranched alkanes of at least 4 members (excludes halogenated alkanes) is 1. The molecule has 0 bridgehead atoms. The van der Waals surface area contributed by atoms with Crippen LogP contribution in [0.3, 0.4) is 0 Å². The van der Waals surface area contributed by atoms with Crippen LogP contribution in [0.4, 0.5) is 0 Å². The molecule has 1 heterocycles. The second-order valence-electron chi connectivity index (χ2n) is 5.77. The van der Waals surface area contributed by atoms with E-state index in [-0.39, 0.29) is 23.8 Å². The molecule has 6 heteroatoms. The van der Waals surface area contributed by atoms with Gasteiger partial charge in [0, 0.05) is 24.7 Å². The van der Waals surface area contributed by atoms with Crippen LogP contribution in [-0.2, 0) is 16.1 Å². The van der Waals surface area contributed by atoms with Crippen LogP contribution in [0, 0.1) is 12.8 Å². The highest BCUT2D eigenvalue weighted by Gasteiger charge is 2.22. The normalized spacial score (nSPS) is 12.2. The zero-order valence-electron chi connectivity index (χ0n) is 13.3. The average molecular weight is 308 g/mol. The molecule has 2 N–H and O–H groups in total. The molecule has 0 aromatic carbocycles. The van der Waals surface area contributed by atoms with Gasteiger partial charge in [-0.15, -0.1) is 0 Å². The predicted molar refractivity (Wildman–Crippen MR) is 83.7 cm³/mol. The molecule has 6 nitrogen and oxygen atoms in total. The molecule has 0 fully saturated rings. The molecule has 1 rings (SSSR count). The lowest BCUT2D eigenvalue weighted by atomic mass is 10.0. The van der Waals surface area contributed by atoms with E-state index in [1.807, 2.05) is 6.07 Å². The minimum absolute atomic E-state index is 0.0160. The number of hydrogen-bond donors (Lipinski definition) is 2. The Hall–Kier alpha value is -2.11. The summed E-state index contributed by atoms with van der Waals surface area (Å²) in [7, 11) is 0. The number of carboxylic acids is 1. The van der Waals surface area contributed by atoms with Crippen LogP contribution in [-0.4, -0.2) is 27.6 Å². The molecule has 1 aromatic rings. The Morgan fingerprint density at radius 2 is 2.00 bits per heavy atom. The number of nitrogens with one attached hydrogen (secondary N) is 1. The van der Waals surface area contributed by atoms with Crippen LogP contribution in [0.5, 0.6) is 0 Å². The smallest absolute Gasteiger partial charge is 0.326 e. The molecule has 0 spiro atoms. The Kier molecular flexibility index (Phi) is 6.82. The van der Waals surface area contributed by atoms with Crippen molar-refractivity contribution < 1.29 is 14.7 Å². The number of rotatable bonds is 8. The van der Waals surface area contributed by atoms with Gasteiger partial charge in [0.1, 0.15) is 6.04 Å². The number of aryl methyl sites for hydroxylation is 2. The lowest BCUT2D eigenvalue weighted by Gasteiger charge is -2.17. The van der Waals surface area contributed by atoms with Gasteiger partial charge in [0.25, 0.3) is 5.56 Å². The average Bonchev–Trinajstić information content (AvgIpc) is 2.44. The van der Waals surface area contributed by atoms with Gasteiger partial charge in [0.15, 0.2) is 0 Å². The molecular weight excluding hydrogens is 284 g/mol. The van der Waals surface area contributed by atoms with Crippen LogP contribution >= 0.6 is 0 Å². The highest BCUT2D eigenvalue weighted by molar-refractivity contribution is 5.83. The maximum absolute atomic E-state index is 11.8. The van der Waals surface area contributed by atoms with Gasteiger partial charge in [-0.2, -0.15) is 0 Å². The van der Waals surface area contributed by atoms with E-state index < -0.39 is 12.0 Å². The quantitative estimate of drug-likeness (QED) is 0.713. The molecule has 0 radical (unpaired) electrons. The van der Waals surface area contributed by atoms with Crippen molar-refractivity contribution in [2.75, 3.05) is 0 Å². The van der Waals surface area contributed by atoms with Gasteiger partial charge in [0.2, 0.25) is 5.91 Å². The molecule has 0 saturated heterocycles. The number of carboxylic acid groups (broad SMARTS) is 1. The summed E-state index contributed by atoms with van der Waals surface area (Å²) >= 11 is 0. The van der Waals surface area contributed by atoms with Crippen molar-refractivity contribution in [2.45, 2.75) is 52.6 Å². The summed E-state index contributed by atoms with van der Waals surface area (Å²) in [5.74, 6) is -1.44.